The van der Waals surface area contributed by atoms with Crippen molar-refractivity contribution < 1.29 is 8.42 Å². The summed E-state index contributed by atoms with van der Waals surface area (Å²) in [6.07, 6.45) is 5.19. The van der Waals surface area contributed by atoms with Gasteiger partial charge in [0.25, 0.3) is 0 Å². The summed E-state index contributed by atoms with van der Waals surface area (Å²) in [4.78, 5) is 2.44. The van der Waals surface area contributed by atoms with Gasteiger partial charge in [-0.1, -0.05) is 0 Å². The molecule has 0 aromatic heterocycles. The molecule has 2 saturated heterocycles. The van der Waals surface area contributed by atoms with Gasteiger partial charge in [-0.05, 0) is 38.6 Å². The first-order valence-electron chi connectivity index (χ1n) is 5.97. The Balaban J connectivity index is 1.83. The van der Waals surface area contributed by atoms with Crippen LogP contribution in [0.25, 0.3) is 0 Å². The van der Waals surface area contributed by atoms with E-state index in [4.69, 9.17) is 10.9 Å². The Morgan fingerprint density at radius 1 is 1.19 bits per heavy atom. The van der Waals surface area contributed by atoms with E-state index in [0.717, 1.165) is 19.4 Å². The van der Waals surface area contributed by atoms with Crippen LogP contribution in [0, 0.1) is 0 Å². The smallest absolute Gasteiger partial charge is 0.209 e. The van der Waals surface area contributed by atoms with Crippen molar-refractivity contribution in [1.29, 1.82) is 0 Å². The summed E-state index contributed by atoms with van der Waals surface area (Å²) in [5.41, 5.74) is 5.97. The molecule has 0 saturated carbocycles. The highest BCUT2D eigenvalue weighted by atomic mass is 32.2. The van der Waals surface area contributed by atoms with Gasteiger partial charge < -0.3 is 5.73 Å². The van der Waals surface area contributed by atoms with Gasteiger partial charge in [0.1, 0.15) is 0 Å². The number of nitrogens with two attached hydrogens (primary N) is 2. The fourth-order valence-electron chi connectivity index (χ4n) is 3.13. The minimum Gasteiger partial charge on any atom is -0.328 e. The number of nitrogens with zero attached hydrogens (tertiary/aromatic N) is 1. The summed E-state index contributed by atoms with van der Waals surface area (Å²) in [7, 11) is -3.30. The summed E-state index contributed by atoms with van der Waals surface area (Å²) in [6.45, 7) is 0.846. The molecule has 2 aliphatic heterocycles. The molecule has 94 valence electrons. The molecule has 2 bridgehead atoms. The molecule has 2 aliphatic rings. The van der Waals surface area contributed by atoms with E-state index < -0.39 is 10.0 Å². The van der Waals surface area contributed by atoms with Crippen LogP contribution in [0.4, 0.5) is 0 Å². The minimum absolute atomic E-state index is 0.0923. The summed E-state index contributed by atoms with van der Waals surface area (Å²) in [5.74, 6) is 0.0923. The molecule has 2 unspecified atom stereocenters. The van der Waals surface area contributed by atoms with Crippen LogP contribution < -0.4 is 10.9 Å². The number of piperidine rings is 1. The second-order valence-corrected chi connectivity index (χ2v) is 6.81. The molecule has 16 heavy (non-hydrogen) atoms. The molecule has 0 amide bonds. The standard InChI is InChI=1S/C10H21N3O2S/c11-8-6-9-2-3-10(7-8)13(9)4-1-5-16(12,14)15/h8-10H,1-7,11H2,(H2,12,14,15). The Bertz CT molecular complexity index is 330. The van der Waals surface area contributed by atoms with Crippen LogP contribution in [0.1, 0.15) is 32.1 Å². The first kappa shape index (κ1) is 12.3. The van der Waals surface area contributed by atoms with Crippen LogP contribution in [-0.4, -0.2) is 43.7 Å². The number of hydrogen-bond donors (Lipinski definition) is 2. The Labute approximate surface area is 97.2 Å². The van der Waals surface area contributed by atoms with E-state index in [0.29, 0.717) is 24.5 Å². The fourth-order valence-corrected chi connectivity index (χ4v) is 3.66. The highest BCUT2D eigenvalue weighted by Crippen LogP contribution is 2.34. The predicted molar refractivity (Wildman–Crippen MR) is 63.3 cm³/mol. The van der Waals surface area contributed by atoms with Crippen LogP contribution in [-0.2, 0) is 10.0 Å². The SMILES string of the molecule is NC1CC2CCC(C1)N2CCCS(N)(=O)=O. The quantitative estimate of drug-likeness (QED) is 0.708. The summed E-state index contributed by atoms with van der Waals surface area (Å²) >= 11 is 0. The van der Waals surface area contributed by atoms with Gasteiger partial charge >= 0.3 is 0 Å². The zero-order valence-electron chi connectivity index (χ0n) is 9.51. The Morgan fingerprint density at radius 3 is 2.25 bits per heavy atom. The van der Waals surface area contributed by atoms with Gasteiger partial charge in [0, 0.05) is 18.1 Å². The highest BCUT2D eigenvalue weighted by Gasteiger charge is 2.38. The van der Waals surface area contributed by atoms with Crippen molar-refractivity contribution in [1.82, 2.24) is 4.90 Å². The lowest BCUT2D eigenvalue weighted by Gasteiger charge is -2.37. The molecular weight excluding hydrogens is 226 g/mol. The molecular formula is C10H21N3O2S. The lowest BCUT2D eigenvalue weighted by atomic mass is 9.98. The topological polar surface area (TPSA) is 89.4 Å². The molecule has 0 aromatic rings. The van der Waals surface area contributed by atoms with Gasteiger partial charge in [0.2, 0.25) is 10.0 Å². The molecule has 2 atom stereocenters. The number of hydrogen-bond acceptors (Lipinski definition) is 4. The average Bonchev–Trinajstić information content (AvgIpc) is 2.41. The van der Waals surface area contributed by atoms with E-state index in [1.807, 2.05) is 0 Å². The monoisotopic (exact) mass is 247 g/mol. The van der Waals surface area contributed by atoms with E-state index in [-0.39, 0.29) is 5.75 Å². The summed E-state index contributed by atoms with van der Waals surface area (Å²) in [6, 6.07) is 1.50. The number of sulfonamides is 1. The predicted octanol–water partition coefficient (Wildman–Crippen LogP) is -0.381. The molecule has 2 rings (SSSR count). The van der Waals surface area contributed by atoms with Crippen molar-refractivity contribution in [2.24, 2.45) is 10.9 Å². The zero-order chi connectivity index (χ0) is 11.8. The van der Waals surface area contributed by atoms with Crippen LogP contribution >= 0.6 is 0 Å². The maximum Gasteiger partial charge on any atom is 0.209 e. The van der Waals surface area contributed by atoms with Crippen molar-refractivity contribution in [3.63, 3.8) is 0 Å². The molecule has 4 N–H and O–H groups in total. The lowest BCUT2D eigenvalue weighted by molar-refractivity contribution is 0.128. The van der Waals surface area contributed by atoms with Gasteiger partial charge in [-0.25, -0.2) is 13.6 Å². The number of rotatable bonds is 4. The fraction of sp³-hybridized carbons (Fsp3) is 1.00. The third-order valence-corrected chi connectivity index (χ3v) is 4.62. The van der Waals surface area contributed by atoms with Crippen molar-refractivity contribution in [2.45, 2.75) is 50.2 Å². The second-order valence-electron chi connectivity index (χ2n) is 5.07. The van der Waals surface area contributed by atoms with Crippen molar-refractivity contribution in [2.75, 3.05) is 12.3 Å². The largest absolute Gasteiger partial charge is 0.328 e. The third-order valence-electron chi connectivity index (χ3n) is 3.77. The molecule has 0 spiro atoms. The van der Waals surface area contributed by atoms with E-state index in [1.165, 1.54) is 12.8 Å². The molecule has 6 heteroatoms. The van der Waals surface area contributed by atoms with Crippen molar-refractivity contribution >= 4 is 10.0 Å². The maximum absolute atomic E-state index is 10.8. The van der Waals surface area contributed by atoms with Gasteiger partial charge in [0.15, 0.2) is 0 Å². The van der Waals surface area contributed by atoms with Crippen LogP contribution in [0.3, 0.4) is 0 Å². The molecule has 2 heterocycles. The Kier molecular flexibility index (Phi) is 3.53. The van der Waals surface area contributed by atoms with E-state index in [2.05, 4.69) is 4.90 Å². The van der Waals surface area contributed by atoms with E-state index in [9.17, 15) is 8.42 Å². The first-order valence-corrected chi connectivity index (χ1v) is 7.69. The van der Waals surface area contributed by atoms with Gasteiger partial charge in [0.05, 0.1) is 5.75 Å². The van der Waals surface area contributed by atoms with Gasteiger partial charge in [-0.3, -0.25) is 4.90 Å². The molecule has 2 fully saturated rings. The average molecular weight is 247 g/mol. The summed E-state index contributed by atoms with van der Waals surface area (Å²) < 4.78 is 21.7. The van der Waals surface area contributed by atoms with Gasteiger partial charge in [-0.15, -0.1) is 0 Å². The first-order chi connectivity index (χ1) is 7.46. The van der Waals surface area contributed by atoms with E-state index in [1.54, 1.807) is 0 Å². The van der Waals surface area contributed by atoms with Gasteiger partial charge in [-0.2, -0.15) is 0 Å². The number of primary sulfonamides is 1. The van der Waals surface area contributed by atoms with Crippen molar-refractivity contribution in [3.8, 4) is 0 Å². The van der Waals surface area contributed by atoms with E-state index >= 15 is 0 Å². The molecule has 0 radical (unpaired) electrons. The molecule has 5 nitrogen and oxygen atoms in total. The van der Waals surface area contributed by atoms with Crippen LogP contribution in [0.5, 0.6) is 0 Å². The third kappa shape index (κ3) is 2.94. The Morgan fingerprint density at radius 2 is 1.75 bits per heavy atom. The second kappa shape index (κ2) is 4.60. The Hall–Kier alpha value is -0.170. The maximum atomic E-state index is 10.8. The minimum atomic E-state index is -3.30. The normalized spacial score (nSPS) is 35.5. The van der Waals surface area contributed by atoms with Crippen molar-refractivity contribution in [3.05, 3.63) is 0 Å². The lowest BCUT2D eigenvalue weighted by Crippen LogP contribution is -2.47. The molecule has 0 aromatic carbocycles. The highest BCUT2D eigenvalue weighted by molar-refractivity contribution is 7.89. The zero-order valence-corrected chi connectivity index (χ0v) is 10.3. The molecule has 0 aliphatic carbocycles. The van der Waals surface area contributed by atoms with Crippen LogP contribution in [0.15, 0.2) is 0 Å². The van der Waals surface area contributed by atoms with Crippen LogP contribution in [0.2, 0.25) is 0 Å². The summed E-state index contributed by atoms with van der Waals surface area (Å²) in [5, 5.41) is 4.99. The number of fused-ring (bicyclic) bond motifs is 2.